The van der Waals surface area contributed by atoms with Gasteiger partial charge < -0.3 is 25.0 Å². The number of halogens is 2. The van der Waals surface area contributed by atoms with E-state index < -0.39 is 23.3 Å². The second-order valence-corrected chi connectivity index (χ2v) is 8.23. The fraction of sp³-hybridized carbons (Fsp3) is 0.200. The maximum Gasteiger partial charge on any atom is 0.275 e. The number of aromatic hydroxyl groups is 1. The van der Waals surface area contributed by atoms with Crippen LogP contribution in [0, 0.1) is 18.6 Å². The molecule has 0 saturated carbocycles. The van der Waals surface area contributed by atoms with E-state index in [1.165, 1.54) is 0 Å². The van der Waals surface area contributed by atoms with Crippen LogP contribution in [0.25, 0.3) is 16.8 Å². The number of aryl methyl sites for hydroxylation is 1. The van der Waals surface area contributed by atoms with E-state index >= 15 is 0 Å². The minimum absolute atomic E-state index is 0.0990. The zero-order valence-corrected chi connectivity index (χ0v) is 18.5. The van der Waals surface area contributed by atoms with Gasteiger partial charge in [0.25, 0.3) is 5.91 Å². The number of anilines is 2. The number of carbonyl (C=O) groups excluding carboxylic acids is 1. The van der Waals surface area contributed by atoms with Gasteiger partial charge in [0.15, 0.2) is 17.4 Å². The number of aromatic nitrogens is 2. The van der Waals surface area contributed by atoms with Crippen LogP contribution in [0.4, 0.5) is 20.2 Å². The topological polar surface area (TPSA) is 81.9 Å². The molecule has 1 saturated heterocycles. The lowest BCUT2D eigenvalue weighted by atomic mass is 10.1. The van der Waals surface area contributed by atoms with Gasteiger partial charge in [-0.25, -0.2) is 13.8 Å². The van der Waals surface area contributed by atoms with Crippen molar-refractivity contribution in [3.05, 3.63) is 77.8 Å². The highest BCUT2D eigenvalue weighted by atomic mass is 19.1. The number of imidazole rings is 1. The number of carbonyl (C=O) groups is 1. The Morgan fingerprint density at radius 3 is 2.41 bits per heavy atom. The summed E-state index contributed by atoms with van der Waals surface area (Å²) in [6.45, 7) is 5.74. The summed E-state index contributed by atoms with van der Waals surface area (Å²) in [4.78, 5) is 19.6. The molecule has 5 rings (SSSR count). The summed E-state index contributed by atoms with van der Waals surface area (Å²) in [5, 5.41) is 15.0. The molecule has 1 aliphatic rings. The maximum atomic E-state index is 13.6. The van der Waals surface area contributed by atoms with Gasteiger partial charge in [-0.05, 0) is 36.8 Å². The van der Waals surface area contributed by atoms with Crippen molar-refractivity contribution in [1.29, 1.82) is 0 Å². The van der Waals surface area contributed by atoms with Crippen molar-refractivity contribution in [3.63, 3.8) is 0 Å². The number of piperazine rings is 1. The van der Waals surface area contributed by atoms with E-state index in [0.29, 0.717) is 5.65 Å². The molecule has 174 valence electrons. The molecule has 3 heterocycles. The Balaban J connectivity index is 1.45. The minimum atomic E-state index is -1.16. The van der Waals surface area contributed by atoms with Crippen molar-refractivity contribution in [2.45, 2.75) is 6.92 Å². The van der Waals surface area contributed by atoms with Gasteiger partial charge in [-0.15, -0.1) is 0 Å². The summed E-state index contributed by atoms with van der Waals surface area (Å²) >= 11 is 0. The molecule has 0 atom stereocenters. The van der Waals surface area contributed by atoms with Gasteiger partial charge in [0.1, 0.15) is 11.3 Å². The second kappa shape index (κ2) is 8.75. The monoisotopic (exact) mass is 463 g/mol. The molecule has 2 aromatic carbocycles. The van der Waals surface area contributed by atoms with Gasteiger partial charge in [-0.1, -0.05) is 12.1 Å². The van der Waals surface area contributed by atoms with Gasteiger partial charge in [0.05, 0.1) is 0 Å². The Bertz CT molecular complexity index is 1360. The third-order valence-electron chi connectivity index (χ3n) is 5.99. The Labute approximate surface area is 194 Å². The van der Waals surface area contributed by atoms with Gasteiger partial charge in [0, 0.05) is 67.1 Å². The van der Waals surface area contributed by atoms with Crippen LogP contribution in [0.2, 0.25) is 0 Å². The highest BCUT2D eigenvalue weighted by Crippen LogP contribution is 2.29. The quantitative estimate of drug-likeness (QED) is 0.399. The molecule has 1 fully saturated rings. The largest absolute Gasteiger partial charge is 0.503 e. The highest BCUT2D eigenvalue weighted by Gasteiger charge is 2.18. The maximum absolute atomic E-state index is 13.6. The average Bonchev–Trinajstić information content (AvgIpc) is 3.30. The molecule has 0 spiro atoms. The summed E-state index contributed by atoms with van der Waals surface area (Å²) in [7, 11) is 0. The standard InChI is InChI=1S/C25H23F2N5O2/c1-15-2-7-19(16-3-5-18(6-4-16)31-10-8-28-9-11-31)24-30-22(14-32(15)24)25(34)29-17-12-20(26)23(33)21(27)13-17/h2-7,12-14,28,33H,8-11H2,1H3,(H,29,34). The molecule has 34 heavy (non-hydrogen) atoms. The SMILES string of the molecule is Cc1ccc(-c2ccc(N3CCNCC3)cc2)c2nc(C(=O)Nc3cc(F)c(O)c(F)c3)cn12. The summed E-state index contributed by atoms with van der Waals surface area (Å²) in [5.41, 5.74) is 4.44. The number of benzene rings is 2. The van der Waals surface area contributed by atoms with Crippen LogP contribution in [0.1, 0.15) is 16.2 Å². The smallest absolute Gasteiger partial charge is 0.275 e. The first-order valence-electron chi connectivity index (χ1n) is 10.9. The molecule has 0 aliphatic carbocycles. The number of hydrogen-bond acceptors (Lipinski definition) is 5. The lowest BCUT2D eigenvalue weighted by molar-refractivity contribution is 0.102. The number of hydrogen-bond donors (Lipinski definition) is 3. The third-order valence-corrected chi connectivity index (χ3v) is 5.99. The van der Waals surface area contributed by atoms with Crippen LogP contribution in [0.3, 0.4) is 0 Å². The van der Waals surface area contributed by atoms with Crippen LogP contribution in [0.15, 0.2) is 54.7 Å². The molecule has 1 aliphatic heterocycles. The summed E-state index contributed by atoms with van der Waals surface area (Å²) in [6.07, 6.45) is 1.59. The molecule has 3 N–H and O–H groups in total. The van der Waals surface area contributed by atoms with E-state index in [-0.39, 0.29) is 11.4 Å². The molecule has 0 bridgehead atoms. The lowest BCUT2D eigenvalue weighted by Crippen LogP contribution is -2.43. The van der Waals surface area contributed by atoms with E-state index in [1.807, 2.05) is 35.6 Å². The molecular formula is C25H23F2N5O2. The first kappa shape index (κ1) is 21.8. The number of amides is 1. The van der Waals surface area contributed by atoms with Crippen molar-refractivity contribution in [3.8, 4) is 16.9 Å². The molecular weight excluding hydrogens is 440 g/mol. The van der Waals surface area contributed by atoms with Gasteiger partial charge in [-0.3, -0.25) is 4.79 Å². The Morgan fingerprint density at radius 1 is 1.06 bits per heavy atom. The summed E-state index contributed by atoms with van der Waals surface area (Å²) < 4.78 is 29.1. The summed E-state index contributed by atoms with van der Waals surface area (Å²) in [6, 6.07) is 13.9. The Kier molecular flexibility index (Phi) is 5.62. The van der Waals surface area contributed by atoms with Crippen LogP contribution in [-0.4, -0.2) is 46.6 Å². The first-order valence-corrected chi connectivity index (χ1v) is 10.9. The zero-order valence-electron chi connectivity index (χ0n) is 18.5. The van der Waals surface area contributed by atoms with E-state index in [4.69, 9.17) is 0 Å². The van der Waals surface area contributed by atoms with E-state index in [1.54, 1.807) is 6.20 Å². The highest BCUT2D eigenvalue weighted by molar-refractivity contribution is 6.03. The molecule has 2 aromatic heterocycles. The average molecular weight is 463 g/mol. The molecule has 0 unspecified atom stereocenters. The number of pyridine rings is 1. The number of fused-ring (bicyclic) bond motifs is 1. The third kappa shape index (κ3) is 4.06. The van der Waals surface area contributed by atoms with Crippen molar-refractivity contribution in [1.82, 2.24) is 14.7 Å². The zero-order chi connectivity index (χ0) is 23.8. The van der Waals surface area contributed by atoms with E-state index in [9.17, 15) is 18.7 Å². The minimum Gasteiger partial charge on any atom is -0.503 e. The molecule has 4 aromatic rings. The predicted octanol–water partition coefficient (Wildman–Crippen LogP) is 3.96. The lowest BCUT2D eigenvalue weighted by Gasteiger charge is -2.29. The molecule has 9 heteroatoms. The van der Waals surface area contributed by atoms with Crippen LogP contribution >= 0.6 is 0 Å². The van der Waals surface area contributed by atoms with Gasteiger partial charge >= 0.3 is 0 Å². The second-order valence-electron chi connectivity index (χ2n) is 8.23. The Morgan fingerprint density at radius 2 is 1.74 bits per heavy atom. The van der Waals surface area contributed by atoms with Gasteiger partial charge in [0.2, 0.25) is 0 Å². The van der Waals surface area contributed by atoms with Crippen LogP contribution < -0.4 is 15.5 Å². The molecule has 1 amide bonds. The predicted molar refractivity (Wildman–Crippen MR) is 126 cm³/mol. The van der Waals surface area contributed by atoms with Crippen molar-refractivity contribution in [2.75, 3.05) is 36.4 Å². The normalized spacial score (nSPS) is 13.9. The van der Waals surface area contributed by atoms with E-state index in [2.05, 4.69) is 32.7 Å². The number of phenols is 1. The van der Waals surface area contributed by atoms with Gasteiger partial charge in [-0.2, -0.15) is 0 Å². The number of phenolic OH excluding ortho intramolecular Hbond substituents is 1. The first-order chi connectivity index (χ1) is 16.4. The molecule has 0 radical (unpaired) electrons. The fourth-order valence-corrected chi connectivity index (χ4v) is 4.14. The van der Waals surface area contributed by atoms with Crippen LogP contribution in [0.5, 0.6) is 5.75 Å². The van der Waals surface area contributed by atoms with E-state index in [0.717, 1.165) is 60.8 Å². The Hall–Kier alpha value is -3.98. The summed E-state index contributed by atoms with van der Waals surface area (Å²) in [5.74, 6) is -4.03. The number of nitrogens with zero attached hydrogens (tertiary/aromatic N) is 3. The van der Waals surface area contributed by atoms with Crippen molar-refractivity contribution < 1.29 is 18.7 Å². The van der Waals surface area contributed by atoms with Crippen molar-refractivity contribution >= 4 is 22.9 Å². The fourth-order valence-electron chi connectivity index (χ4n) is 4.14. The number of rotatable bonds is 4. The van der Waals surface area contributed by atoms with Crippen LogP contribution in [-0.2, 0) is 0 Å². The molecule has 7 nitrogen and oxygen atoms in total. The number of nitrogens with one attached hydrogen (secondary N) is 2. The van der Waals surface area contributed by atoms with Crippen molar-refractivity contribution in [2.24, 2.45) is 0 Å².